The predicted octanol–water partition coefficient (Wildman–Crippen LogP) is 2.93. The Hall–Kier alpha value is -2.87. The summed E-state index contributed by atoms with van der Waals surface area (Å²) < 4.78 is 32.3. The van der Waals surface area contributed by atoms with E-state index in [9.17, 15) is 18.0 Å². The summed E-state index contributed by atoms with van der Waals surface area (Å²) in [6.07, 6.45) is 2.03. The van der Waals surface area contributed by atoms with E-state index in [1.54, 1.807) is 49.4 Å². The van der Waals surface area contributed by atoms with E-state index < -0.39 is 16.0 Å². The number of amides is 1. The number of para-hydroxylation sites is 1. The van der Waals surface area contributed by atoms with Crippen LogP contribution in [0.2, 0.25) is 0 Å². The maximum Gasteiger partial charge on any atom is 0.325 e. The largest absolute Gasteiger partial charge is 0.465 e. The van der Waals surface area contributed by atoms with Gasteiger partial charge < -0.3 is 9.64 Å². The molecule has 8 heteroatoms. The van der Waals surface area contributed by atoms with Crippen LogP contribution in [0.3, 0.4) is 0 Å². The molecule has 1 aliphatic rings. The van der Waals surface area contributed by atoms with Crippen molar-refractivity contribution < 1.29 is 22.7 Å². The van der Waals surface area contributed by atoms with Crippen LogP contribution in [0.4, 0.5) is 5.69 Å². The monoisotopic (exact) mass is 430 g/mol. The molecule has 0 aromatic heterocycles. The fraction of sp³-hybridized carbons (Fsp3) is 0.364. The van der Waals surface area contributed by atoms with E-state index in [1.807, 2.05) is 0 Å². The molecule has 0 atom stereocenters. The van der Waals surface area contributed by atoms with Gasteiger partial charge in [-0.15, -0.1) is 0 Å². The van der Waals surface area contributed by atoms with Gasteiger partial charge in [-0.05, 0) is 56.0 Å². The van der Waals surface area contributed by atoms with Gasteiger partial charge in [0.2, 0.25) is 0 Å². The molecule has 160 valence electrons. The third-order valence-corrected chi connectivity index (χ3v) is 6.73. The Bertz CT molecular complexity index is 1000. The van der Waals surface area contributed by atoms with Crippen molar-refractivity contribution in [3.05, 3.63) is 60.2 Å². The van der Waals surface area contributed by atoms with E-state index >= 15 is 0 Å². The number of carbonyl (C=O) groups excluding carboxylic acids is 2. The molecule has 0 N–H and O–H groups in total. The van der Waals surface area contributed by atoms with E-state index in [4.69, 9.17) is 4.74 Å². The smallest absolute Gasteiger partial charge is 0.325 e. The minimum atomic E-state index is -3.85. The molecule has 0 bridgehead atoms. The van der Waals surface area contributed by atoms with Crippen LogP contribution >= 0.6 is 0 Å². The fourth-order valence-electron chi connectivity index (χ4n) is 3.10. The predicted molar refractivity (Wildman–Crippen MR) is 114 cm³/mol. The first-order valence-corrected chi connectivity index (χ1v) is 11.4. The second-order valence-electron chi connectivity index (χ2n) is 7.27. The quantitative estimate of drug-likeness (QED) is 0.571. The summed E-state index contributed by atoms with van der Waals surface area (Å²) in [5.74, 6) is -0.479. The van der Waals surface area contributed by atoms with Crippen molar-refractivity contribution in [3.63, 3.8) is 0 Å². The average molecular weight is 431 g/mol. The molecule has 1 amide bonds. The number of sulfonamides is 1. The summed E-state index contributed by atoms with van der Waals surface area (Å²) in [4.78, 5) is 26.5. The molecule has 1 aliphatic carbocycles. The summed E-state index contributed by atoms with van der Waals surface area (Å²) in [6.45, 7) is 2.26. The Morgan fingerprint density at radius 3 is 2.40 bits per heavy atom. The average Bonchev–Trinajstić information content (AvgIpc) is 3.57. The van der Waals surface area contributed by atoms with Gasteiger partial charge in [-0.2, -0.15) is 0 Å². The van der Waals surface area contributed by atoms with Gasteiger partial charge in [-0.3, -0.25) is 13.9 Å². The molecule has 2 aromatic rings. The van der Waals surface area contributed by atoms with Crippen LogP contribution in [0, 0.1) is 5.92 Å². The lowest BCUT2D eigenvalue weighted by Gasteiger charge is -2.23. The lowest BCUT2D eigenvalue weighted by Crippen LogP contribution is -2.38. The third-order valence-electron chi connectivity index (χ3n) is 4.95. The highest BCUT2D eigenvalue weighted by molar-refractivity contribution is 7.92. The zero-order valence-corrected chi connectivity index (χ0v) is 18.0. The Morgan fingerprint density at radius 2 is 1.77 bits per heavy atom. The maximum atomic E-state index is 13.1. The number of anilines is 1. The highest BCUT2D eigenvalue weighted by Gasteiger charge is 2.30. The minimum absolute atomic E-state index is 0.0159. The van der Waals surface area contributed by atoms with Crippen LogP contribution in [0.15, 0.2) is 59.5 Å². The number of nitrogens with zero attached hydrogens (tertiary/aromatic N) is 2. The normalized spacial score (nSPS) is 13.5. The number of rotatable bonds is 9. The van der Waals surface area contributed by atoms with Crippen molar-refractivity contribution in [2.75, 3.05) is 31.0 Å². The Balaban J connectivity index is 1.85. The molecule has 1 fully saturated rings. The van der Waals surface area contributed by atoms with Crippen molar-refractivity contribution in [2.45, 2.75) is 24.7 Å². The number of hydrogen-bond donors (Lipinski definition) is 0. The van der Waals surface area contributed by atoms with Crippen molar-refractivity contribution in [1.82, 2.24) is 4.90 Å². The highest BCUT2D eigenvalue weighted by Crippen LogP contribution is 2.30. The number of esters is 1. The first-order chi connectivity index (χ1) is 14.3. The van der Waals surface area contributed by atoms with Crippen molar-refractivity contribution >= 4 is 27.6 Å². The molecule has 0 unspecified atom stereocenters. The van der Waals surface area contributed by atoms with Crippen molar-refractivity contribution in [1.29, 1.82) is 0 Å². The molecule has 30 heavy (non-hydrogen) atoms. The molecule has 0 spiro atoms. The SMILES string of the molecule is CCOC(=O)CN(CC1CC1)C(=O)c1cccc(S(=O)(=O)N(C)c2ccccc2)c1. The minimum Gasteiger partial charge on any atom is -0.465 e. The van der Waals surface area contributed by atoms with Crippen molar-refractivity contribution in [3.8, 4) is 0 Å². The molecule has 0 aliphatic heterocycles. The summed E-state index contributed by atoms with van der Waals surface area (Å²) in [7, 11) is -2.37. The van der Waals surface area contributed by atoms with E-state index in [2.05, 4.69) is 0 Å². The molecule has 0 radical (unpaired) electrons. The second-order valence-corrected chi connectivity index (χ2v) is 9.24. The topological polar surface area (TPSA) is 84.0 Å². The standard InChI is InChI=1S/C22H26N2O5S/c1-3-29-21(25)16-24(15-17-12-13-17)22(26)18-8-7-11-20(14-18)30(27,28)23(2)19-9-5-4-6-10-19/h4-11,14,17H,3,12-13,15-16H2,1-2H3. The van der Waals surface area contributed by atoms with Gasteiger partial charge >= 0.3 is 5.97 Å². The van der Waals surface area contributed by atoms with Gasteiger partial charge in [-0.25, -0.2) is 8.42 Å². The van der Waals surface area contributed by atoms with E-state index in [-0.39, 0.29) is 29.5 Å². The van der Waals surface area contributed by atoms with Crippen LogP contribution < -0.4 is 4.31 Å². The number of ether oxygens (including phenoxy) is 1. The summed E-state index contributed by atoms with van der Waals surface area (Å²) >= 11 is 0. The van der Waals surface area contributed by atoms with Crippen LogP contribution in [0.1, 0.15) is 30.1 Å². The van der Waals surface area contributed by atoms with Gasteiger partial charge in [0.1, 0.15) is 6.54 Å². The molecule has 7 nitrogen and oxygen atoms in total. The fourth-order valence-corrected chi connectivity index (χ4v) is 4.34. The Labute approximate surface area is 177 Å². The van der Waals surface area contributed by atoms with Crippen LogP contribution in [0.5, 0.6) is 0 Å². The van der Waals surface area contributed by atoms with Crippen LogP contribution in [-0.4, -0.2) is 51.9 Å². The third kappa shape index (κ3) is 5.18. The van der Waals surface area contributed by atoms with Gasteiger partial charge in [-0.1, -0.05) is 24.3 Å². The zero-order chi connectivity index (χ0) is 21.7. The van der Waals surface area contributed by atoms with Gasteiger partial charge in [0.25, 0.3) is 15.9 Å². The number of carbonyl (C=O) groups is 2. The van der Waals surface area contributed by atoms with E-state index in [1.165, 1.54) is 28.4 Å². The molecule has 0 heterocycles. The van der Waals surface area contributed by atoms with E-state index in [0.717, 1.165) is 12.8 Å². The zero-order valence-electron chi connectivity index (χ0n) is 17.2. The number of benzene rings is 2. The number of hydrogen-bond acceptors (Lipinski definition) is 5. The van der Waals surface area contributed by atoms with E-state index in [0.29, 0.717) is 18.2 Å². The lowest BCUT2D eigenvalue weighted by atomic mass is 10.2. The maximum absolute atomic E-state index is 13.1. The molecule has 1 saturated carbocycles. The van der Waals surface area contributed by atoms with Gasteiger partial charge in [0.15, 0.2) is 0 Å². The summed E-state index contributed by atoms with van der Waals surface area (Å²) in [5, 5.41) is 0. The first kappa shape index (κ1) is 21.8. The Morgan fingerprint density at radius 1 is 1.07 bits per heavy atom. The first-order valence-electron chi connectivity index (χ1n) is 9.92. The second kappa shape index (κ2) is 9.30. The molecular formula is C22H26N2O5S. The molecule has 3 rings (SSSR count). The van der Waals surface area contributed by atoms with Crippen LogP contribution in [-0.2, 0) is 19.6 Å². The Kier molecular flexibility index (Phi) is 6.77. The lowest BCUT2D eigenvalue weighted by molar-refractivity contribution is -0.143. The molecule has 2 aromatic carbocycles. The van der Waals surface area contributed by atoms with Gasteiger partial charge in [0.05, 0.1) is 17.2 Å². The molecular weight excluding hydrogens is 404 g/mol. The molecule has 0 saturated heterocycles. The summed E-state index contributed by atoms with van der Waals surface area (Å²) in [5.41, 5.74) is 0.745. The van der Waals surface area contributed by atoms with Crippen LogP contribution in [0.25, 0.3) is 0 Å². The highest BCUT2D eigenvalue weighted by atomic mass is 32.2. The van der Waals surface area contributed by atoms with Gasteiger partial charge in [0, 0.05) is 19.2 Å². The van der Waals surface area contributed by atoms with Crippen molar-refractivity contribution in [2.24, 2.45) is 5.92 Å². The summed E-state index contributed by atoms with van der Waals surface area (Å²) in [6, 6.07) is 14.6.